The smallest absolute Gasteiger partial charge is 0.414 e. The highest BCUT2D eigenvalue weighted by atomic mass is 79.9. The number of hydrogen-bond donors (Lipinski definition) is 0. The van der Waals surface area contributed by atoms with Crippen LogP contribution in [0.25, 0.3) is 12.2 Å². The second-order valence-corrected chi connectivity index (χ2v) is 7.75. The second-order valence-electron chi connectivity index (χ2n) is 6.89. The molecule has 0 atom stereocenters. The van der Waals surface area contributed by atoms with Crippen molar-refractivity contribution in [3.8, 4) is 0 Å². The largest absolute Gasteiger partial charge is 0.443 e. The molecular weight excluding hydrogens is 396 g/mol. The number of nitrogens with zero attached hydrogens (tertiary/aromatic N) is 2. The molecule has 1 rings (SSSR count). The summed E-state index contributed by atoms with van der Waals surface area (Å²) in [6.07, 6.45) is 6.06. The van der Waals surface area contributed by atoms with Gasteiger partial charge >= 0.3 is 6.09 Å². The van der Waals surface area contributed by atoms with Gasteiger partial charge in [0.25, 0.3) is 5.56 Å². The second kappa shape index (κ2) is 9.21. The molecule has 0 saturated heterocycles. The number of allylic oxidation sites excluding steroid dienone is 2. The third-order valence-electron chi connectivity index (χ3n) is 3.70. The first kappa shape index (κ1) is 22.2. The van der Waals surface area contributed by atoms with Gasteiger partial charge in [0.2, 0.25) is 0 Å². The molecule has 0 radical (unpaired) electrons. The Bertz CT molecular complexity index is 861. The summed E-state index contributed by atoms with van der Waals surface area (Å²) in [6, 6.07) is 1.80. The van der Waals surface area contributed by atoms with Crippen LogP contribution in [0.4, 0.5) is 4.79 Å². The van der Waals surface area contributed by atoms with Crippen molar-refractivity contribution in [2.24, 2.45) is 0 Å². The quantitative estimate of drug-likeness (QED) is 0.744. The average molecular weight is 425 g/mol. The van der Waals surface area contributed by atoms with Crippen LogP contribution in [0.1, 0.15) is 48.0 Å². The van der Waals surface area contributed by atoms with E-state index in [1.54, 1.807) is 17.7 Å². The van der Waals surface area contributed by atoms with Crippen molar-refractivity contribution < 1.29 is 9.53 Å². The van der Waals surface area contributed by atoms with Gasteiger partial charge in [-0.25, -0.2) is 4.79 Å². The Morgan fingerprint density at radius 3 is 2.42 bits per heavy atom. The fourth-order valence-electron chi connectivity index (χ4n) is 2.45. The topological polar surface area (TPSA) is 51.5 Å². The lowest BCUT2D eigenvalue weighted by Crippen LogP contribution is -2.44. The molecule has 1 aromatic heterocycles. The van der Waals surface area contributed by atoms with Crippen molar-refractivity contribution in [2.75, 3.05) is 7.05 Å². The maximum absolute atomic E-state index is 12.5. The molecule has 5 nitrogen and oxygen atoms in total. The van der Waals surface area contributed by atoms with Gasteiger partial charge in [-0.3, -0.25) is 9.69 Å². The first-order chi connectivity index (χ1) is 12.1. The summed E-state index contributed by atoms with van der Waals surface area (Å²) in [7, 11) is 1.68. The number of rotatable bonds is 4. The predicted molar refractivity (Wildman–Crippen MR) is 110 cm³/mol. The van der Waals surface area contributed by atoms with E-state index in [0.717, 1.165) is 17.0 Å². The summed E-state index contributed by atoms with van der Waals surface area (Å²) in [5, 5.41) is 1.68. The van der Waals surface area contributed by atoms with Crippen molar-refractivity contribution in [3.05, 3.63) is 43.2 Å². The Kier molecular flexibility index (Phi) is 7.87. The average Bonchev–Trinajstić information content (AvgIpc) is 2.55. The van der Waals surface area contributed by atoms with E-state index in [1.807, 2.05) is 59.8 Å². The molecule has 6 heteroatoms. The third-order valence-corrected chi connectivity index (χ3v) is 4.27. The standard InChI is InChI=1S/C20H29BrN2O3/c1-8-11-15(22(7)19(25)26-20(4,5)6)13-17-14(9-2)12-16(21)18(24)23(17)10-3/h9,11-13H,8,10H2,1-7H3/b14-9-,15-11-,17-13+. The van der Waals surface area contributed by atoms with E-state index in [4.69, 9.17) is 4.74 Å². The van der Waals surface area contributed by atoms with E-state index in [2.05, 4.69) is 15.9 Å². The minimum atomic E-state index is -0.575. The number of amides is 1. The lowest BCUT2D eigenvalue weighted by atomic mass is 10.2. The maximum Gasteiger partial charge on any atom is 0.414 e. The summed E-state index contributed by atoms with van der Waals surface area (Å²) >= 11 is 3.33. The van der Waals surface area contributed by atoms with Crippen molar-refractivity contribution in [2.45, 2.75) is 60.1 Å². The van der Waals surface area contributed by atoms with E-state index >= 15 is 0 Å². The van der Waals surface area contributed by atoms with Gasteiger partial charge < -0.3 is 9.30 Å². The fourth-order valence-corrected chi connectivity index (χ4v) is 2.91. The monoisotopic (exact) mass is 424 g/mol. The van der Waals surface area contributed by atoms with E-state index in [-0.39, 0.29) is 5.56 Å². The van der Waals surface area contributed by atoms with Gasteiger partial charge in [-0.2, -0.15) is 0 Å². The number of hydrogen-bond acceptors (Lipinski definition) is 3. The molecule has 1 heterocycles. The van der Waals surface area contributed by atoms with Gasteiger partial charge in [-0.15, -0.1) is 0 Å². The first-order valence-electron chi connectivity index (χ1n) is 8.80. The Morgan fingerprint density at radius 2 is 1.96 bits per heavy atom. The van der Waals surface area contributed by atoms with Crippen LogP contribution in [-0.4, -0.2) is 28.2 Å². The number of carbonyl (C=O) groups is 1. The Hall–Kier alpha value is -1.82. The molecule has 0 N–H and O–H groups in total. The molecule has 0 aliphatic heterocycles. The normalized spacial score (nSPS) is 13.9. The van der Waals surface area contributed by atoms with Crippen LogP contribution in [0.15, 0.2) is 27.1 Å². The SMILES string of the molecule is C/C=c1/cc(Br)c(=O)n(CC)/c1=C/C(=C/CC)N(C)C(=O)OC(C)(C)C. The summed E-state index contributed by atoms with van der Waals surface area (Å²) < 4.78 is 7.67. The van der Waals surface area contributed by atoms with Crippen LogP contribution >= 0.6 is 15.9 Å². The van der Waals surface area contributed by atoms with Gasteiger partial charge in [-0.05, 0) is 74.3 Å². The molecule has 0 aromatic carbocycles. The Morgan fingerprint density at radius 1 is 1.35 bits per heavy atom. The summed E-state index contributed by atoms with van der Waals surface area (Å²) in [5.74, 6) is 0. The van der Waals surface area contributed by atoms with Gasteiger partial charge in [-0.1, -0.05) is 19.1 Å². The highest BCUT2D eigenvalue weighted by molar-refractivity contribution is 9.10. The molecule has 1 aromatic rings. The van der Waals surface area contributed by atoms with Crippen molar-refractivity contribution in [1.82, 2.24) is 9.47 Å². The zero-order valence-electron chi connectivity index (χ0n) is 16.7. The van der Waals surface area contributed by atoms with Crippen LogP contribution < -0.4 is 16.1 Å². The van der Waals surface area contributed by atoms with Crippen LogP contribution in [-0.2, 0) is 11.3 Å². The van der Waals surface area contributed by atoms with Crippen molar-refractivity contribution >= 4 is 34.2 Å². The number of pyridine rings is 1. The van der Waals surface area contributed by atoms with Gasteiger partial charge in [0, 0.05) is 19.3 Å². The predicted octanol–water partition coefficient (Wildman–Crippen LogP) is 3.37. The molecule has 0 aliphatic carbocycles. The third kappa shape index (κ3) is 5.59. The highest BCUT2D eigenvalue weighted by Gasteiger charge is 2.21. The van der Waals surface area contributed by atoms with Gasteiger partial charge in [0.15, 0.2) is 0 Å². The van der Waals surface area contributed by atoms with E-state index in [1.165, 1.54) is 4.90 Å². The summed E-state index contributed by atoms with van der Waals surface area (Å²) in [6.45, 7) is 11.9. The molecule has 0 bridgehead atoms. The molecule has 0 unspecified atom stereocenters. The van der Waals surface area contributed by atoms with Crippen molar-refractivity contribution in [3.63, 3.8) is 0 Å². The van der Waals surface area contributed by atoms with Crippen LogP contribution in [0.3, 0.4) is 0 Å². The molecular formula is C20H29BrN2O3. The minimum absolute atomic E-state index is 0.0971. The van der Waals surface area contributed by atoms with E-state index in [9.17, 15) is 9.59 Å². The zero-order valence-corrected chi connectivity index (χ0v) is 18.3. The Balaban J connectivity index is 3.61. The number of aromatic nitrogens is 1. The van der Waals surface area contributed by atoms with Crippen LogP contribution in [0.2, 0.25) is 0 Å². The molecule has 26 heavy (non-hydrogen) atoms. The molecule has 0 fully saturated rings. The highest BCUT2D eigenvalue weighted by Crippen LogP contribution is 2.13. The molecule has 1 amide bonds. The number of carbonyl (C=O) groups excluding carboxylic acids is 1. The van der Waals surface area contributed by atoms with Crippen LogP contribution in [0.5, 0.6) is 0 Å². The lowest BCUT2D eigenvalue weighted by Gasteiger charge is -2.25. The first-order valence-corrected chi connectivity index (χ1v) is 9.59. The van der Waals surface area contributed by atoms with Gasteiger partial charge in [0.05, 0.1) is 9.82 Å². The minimum Gasteiger partial charge on any atom is -0.443 e. The number of halogens is 1. The summed E-state index contributed by atoms with van der Waals surface area (Å²) in [5.41, 5.74) is 0.0163. The molecule has 0 aliphatic rings. The molecule has 0 saturated carbocycles. The van der Waals surface area contributed by atoms with E-state index in [0.29, 0.717) is 16.7 Å². The van der Waals surface area contributed by atoms with Crippen LogP contribution in [0, 0.1) is 0 Å². The fraction of sp³-hybridized carbons (Fsp3) is 0.500. The van der Waals surface area contributed by atoms with Gasteiger partial charge in [0.1, 0.15) is 5.60 Å². The van der Waals surface area contributed by atoms with Crippen molar-refractivity contribution in [1.29, 1.82) is 0 Å². The zero-order chi connectivity index (χ0) is 20.1. The molecule has 0 spiro atoms. The summed E-state index contributed by atoms with van der Waals surface area (Å²) in [4.78, 5) is 26.4. The van der Waals surface area contributed by atoms with E-state index < -0.39 is 11.7 Å². The number of ether oxygens (including phenoxy) is 1. The maximum atomic E-state index is 12.5. The molecule has 144 valence electrons. The lowest BCUT2D eigenvalue weighted by molar-refractivity contribution is 0.0361. The Labute approximate surface area is 163 Å².